The number of aromatic nitrogens is 3. The van der Waals surface area contributed by atoms with Crippen LogP contribution in [0.4, 0.5) is 19.0 Å². The summed E-state index contributed by atoms with van der Waals surface area (Å²) in [5, 5.41) is 12.2. The average molecular weight is 746 g/mol. The van der Waals surface area contributed by atoms with Crippen molar-refractivity contribution in [1.29, 1.82) is 0 Å². The van der Waals surface area contributed by atoms with Gasteiger partial charge in [-0.2, -0.15) is 9.97 Å². The number of aliphatic hydroxyl groups is 1. The Hall–Kier alpha value is -4.03. The molecule has 0 radical (unpaired) electrons. The normalized spacial score (nSPS) is 25.2. The van der Waals surface area contributed by atoms with Crippen LogP contribution in [0.25, 0.3) is 32.9 Å². The van der Waals surface area contributed by atoms with Crippen molar-refractivity contribution in [3.8, 4) is 23.0 Å². The number of esters is 1. The molecule has 3 saturated heterocycles. The number of ether oxygens (including phenoxy) is 2. The molecule has 0 amide bonds. The van der Waals surface area contributed by atoms with Crippen LogP contribution in [0.3, 0.4) is 0 Å². The van der Waals surface area contributed by atoms with Crippen molar-refractivity contribution in [2.75, 3.05) is 37.7 Å². The fourth-order valence-corrected chi connectivity index (χ4v) is 9.70. The monoisotopic (exact) mass is 745 g/mol. The third-order valence-electron chi connectivity index (χ3n) is 12.3. The van der Waals surface area contributed by atoms with E-state index in [0.717, 1.165) is 51.5 Å². The summed E-state index contributed by atoms with van der Waals surface area (Å²) in [7, 11) is 0. The molecule has 288 valence electrons. The lowest BCUT2D eigenvalue weighted by Crippen LogP contribution is -2.43. The molecule has 8 rings (SSSR count). The molecule has 2 aromatic heterocycles. The van der Waals surface area contributed by atoms with Gasteiger partial charge in [0.25, 0.3) is 0 Å². The quantitative estimate of drug-likeness (QED) is 0.0827. The van der Waals surface area contributed by atoms with Crippen molar-refractivity contribution >= 4 is 33.5 Å². The maximum atomic E-state index is 17.3. The Kier molecular flexibility index (Phi) is 10.4. The Morgan fingerprint density at radius 3 is 2.72 bits per heavy atom. The van der Waals surface area contributed by atoms with E-state index >= 15 is 8.78 Å². The van der Waals surface area contributed by atoms with Gasteiger partial charge in [0.05, 0.1) is 17.0 Å². The van der Waals surface area contributed by atoms with Crippen LogP contribution in [0.2, 0.25) is 0 Å². The van der Waals surface area contributed by atoms with E-state index in [1.807, 2.05) is 6.92 Å². The second-order valence-corrected chi connectivity index (χ2v) is 16.0. The van der Waals surface area contributed by atoms with E-state index in [0.29, 0.717) is 72.9 Å². The Morgan fingerprint density at radius 1 is 1.06 bits per heavy atom. The molecule has 1 N–H and O–H groups in total. The van der Waals surface area contributed by atoms with Crippen molar-refractivity contribution in [2.24, 2.45) is 11.8 Å². The molecule has 3 aliphatic heterocycles. The van der Waals surface area contributed by atoms with Crippen molar-refractivity contribution in [2.45, 2.75) is 109 Å². The molecule has 5 heterocycles. The molecule has 2 aromatic carbocycles. The first-order valence-electron chi connectivity index (χ1n) is 19.9. The van der Waals surface area contributed by atoms with Gasteiger partial charge in [0.2, 0.25) is 0 Å². The number of hydrogen-bond acceptors (Lipinski definition) is 9. The predicted molar refractivity (Wildman–Crippen MR) is 202 cm³/mol. The first-order chi connectivity index (χ1) is 26.2. The minimum atomic E-state index is -0.934. The fourth-order valence-electron chi connectivity index (χ4n) is 9.70. The average Bonchev–Trinajstić information content (AvgIpc) is 3.77. The van der Waals surface area contributed by atoms with Gasteiger partial charge in [-0.3, -0.25) is 14.7 Å². The molecule has 1 saturated carbocycles. The molecule has 9 nitrogen and oxygen atoms in total. The number of carbonyl (C=O) groups is 1. The highest BCUT2D eigenvalue weighted by atomic mass is 19.1. The second-order valence-electron chi connectivity index (χ2n) is 16.0. The smallest absolute Gasteiger partial charge is 0.319 e. The van der Waals surface area contributed by atoms with Crippen molar-refractivity contribution < 1.29 is 32.5 Å². The molecular weight excluding hydrogens is 695 g/mol. The lowest BCUT2D eigenvalue weighted by atomic mass is 9.94. The third kappa shape index (κ3) is 7.00. The van der Waals surface area contributed by atoms with E-state index in [9.17, 15) is 14.3 Å². The van der Waals surface area contributed by atoms with Crippen LogP contribution in [-0.4, -0.2) is 81.5 Å². The summed E-state index contributed by atoms with van der Waals surface area (Å²) in [4.78, 5) is 31.3. The van der Waals surface area contributed by atoms with Gasteiger partial charge in [0, 0.05) is 50.2 Å². The zero-order valence-corrected chi connectivity index (χ0v) is 31.3. The summed E-state index contributed by atoms with van der Waals surface area (Å²) >= 11 is 0. The number of hydrogen-bond donors (Lipinski definition) is 1. The number of alkyl halides is 1. The SMILES string of the molecule is CCCCCCCC(=O)Oc1cc(-c2ncc3c(N4C[C@@H]5C[C@H](C4)[C@H](O)C5)nc(OC[C@@]45CCCN4C[C@H](F)C5)nc3c2F)c2c(CC)c(F)ccc2c1. The summed E-state index contributed by atoms with van der Waals surface area (Å²) in [5.74, 6) is -0.512. The number of aliphatic hydroxyl groups excluding tert-OH is 1. The highest BCUT2D eigenvalue weighted by molar-refractivity contribution is 6.02. The van der Waals surface area contributed by atoms with Crippen LogP contribution in [0.15, 0.2) is 30.5 Å². The number of pyridine rings is 1. The highest BCUT2D eigenvalue weighted by Gasteiger charge is 2.49. The van der Waals surface area contributed by atoms with Crippen LogP contribution in [0, 0.1) is 23.5 Å². The van der Waals surface area contributed by atoms with E-state index in [4.69, 9.17) is 14.5 Å². The number of nitrogens with zero attached hydrogens (tertiary/aromatic N) is 5. The fraction of sp³-hybridized carbons (Fsp3) is 0.571. The summed E-state index contributed by atoms with van der Waals surface area (Å²) in [6.07, 6.45) is 9.47. The summed E-state index contributed by atoms with van der Waals surface area (Å²) in [5.41, 5.74) is 0.158. The lowest BCUT2D eigenvalue weighted by molar-refractivity contribution is -0.134. The maximum Gasteiger partial charge on any atom is 0.319 e. The van der Waals surface area contributed by atoms with E-state index in [1.54, 1.807) is 24.4 Å². The number of aryl methyl sites for hydroxylation is 1. The Labute approximate surface area is 314 Å². The van der Waals surface area contributed by atoms with Crippen LogP contribution < -0.4 is 14.4 Å². The molecule has 4 aliphatic rings. The van der Waals surface area contributed by atoms with Gasteiger partial charge >= 0.3 is 12.0 Å². The Morgan fingerprint density at radius 2 is 1.91 bits per heavy atom. The van der Waals surface area contributed by atoms with Gasteiger partial charge < -0.3 is 19.5 Å². The number of anilines is 1. The molecule has 5 atom stereocenters. The van der Waals surface area contributed by atoms with Crippen LogP contribution in [0.1, 0.15) is 90.0 Å². The number of piperidine rings is 1. The Bertz CT molecular complexity index is 2050. The number of carbonyl (C=O) groups excluding carboxylic acids is 1. The molecule has 1 aliphatic carbocycles. The maximum absolute atomic E-state index is 17.3. The molecule has 4 aromatic rings. The molecule has 2 bridgehead atoms. The minimum absolute atomic E-state index is 0.00823. The number of benzene rings is 2. The number of halogens is 3. The van der Waals surface area contributed by atoms with E-state index in [1.165, 1.54) is 6.07 Å². The standard InChI is InChI=1S/C42H50F3N5O4/c1-3-5-6-7-8-10-35(52)54-29-17-26-11-12-33(44)30(4-2)36(26)31(18-29)38-37(45)39-32(20-46-38)40(49-21-25-15-27(22-49)34(51)16-25)48-41(47-39)53-24-42-13-9-14-50(42)23-28(43)19-42/h11-12,17-18,20,25,27-28,34,51H,3-10,13-16,19,21-24H2,1-2H3/t25-,27-,28-,34-,42+/m1/s1. The van der Waals surface area contributed by atoms with Gasteiger partial charge in [-0.25, -0.2) is 13.2 Å². The summed E-state index contributed by atoms with van der Waals surface area (Å²) in [6, 6.07) is 6.23. The van der Waals surface area contributed by atoms with Crippen LogP contribution >= 0.6 is 0 Å². The van der Waals surface area contributed by atoms with Gasteiger partial charge in [-0.1, -0.05) is 45.6 Å². The topological polar surface area (TPSA) is 101 Å². The van der Waals surface area contributed by atoms with Crippen LogP contribution in [-0.2, 0) is 11.2 Å². The molecular formula is C42H50F3N5O4. The van der Waals surface area contributed by atoms with Gasteiger partial charge in [-0.15, -0.1) is 0 Å². The van der Waals surface area contributed by atoms with Crippen molar-refractivity contribution in [1.82, 2.24) is 19.9 Å². The van der Waals surface area contributed by atoms with Crippen molar-refractivity contribution in [3.05, 3.63) is 47.7 Å². The molecule has 0 spiro atoms. The molecule has 54 heavy (non-hydrogen) atoms. The first kappa shape index (κ1) is 36.9. The van der Waals surface area contributed by atoms with Crippen molar-refractivity contribution in [3.63, 3.8) is 0 Å². The zero-order valence-electron chi connectivity index (χ0n) is 31.3. The first-order valence-corrected chi connectivity index (χ1v) is 19.9. The largest absolute Gasteiger partial charge is 0.461 e. The number of fused-ring (bicyclic) bond motifs is 5. The minimum Gasteiger partial charge on any atom is -0.461 e. The van der Waals surface area contributed by atoms with Crippen LogP contribution in [0.5, 0.6) is 11.8 Å². The van der Waals surface area contributed by atoms with E-state index in [-0.39, 0.29) is 59.4 Å². The number of rotatable bonds is 13. The zero-order chi connectivity index (χ0) is 37.6. The van der Waals surface area contributed by atoms with Gasteiger partial charge in [-0.05, 0) is 85.5 Å². The Balaban J connectivity index is 1.21. The summed E-state index contributed by atoms with van der Waals surface area (Å²) < 4.78 is 59.4. The molecule has 4 fully saturated rings. The van der Waals surface area contributed by atoms with Gasteiger partial charge in [0.1, 0.15) is 41.4 Å². The van der Waals surface area contributed by atoms with Gasteiger partial charge in [0.15, 0.2) is 5.82 Å². The highest BCUT2D eigenvalue weighted by Crippen LogP contribution is 2.44. The number of unbranched alkanes of at least 4 members (excludes halogenated alkanes) is 4. The molecule has 0 unspecified atom stereocenters. The predicted octanol–water partition coefficient (Wildman–Crippen LogP) is 8.11. The molecule has 12 heteroatoms. The van der Waals surface area contributed by atoms with E-state index in [2.05, 4.69) is 26.7 Å². The van der Waals surface area contributed by atoms with E-state index < -0.39 is 29.4 Å². The summed E-state index contributed by atoms with van der Waals surface area (Å²) in [6.45, 7) is 6.51. The second kappa shape index (κ2) is 15.2. The lowest BCUT2D eigenvalue weighted by Gasteiger charge is -2.34. The third-order valence-corrected chi connectivity index (χ3v) is 12.3.